The molecule has 2 heterocycles. The Kier molecular flexibility index (Phi) is 4.25. The van der Waals surface area contributed by atoms with Crippen LogP contribution in [0.4, 0.5) is 11.9 Å². The maximum atomic E-state index is 5.77. The molecule has 0 bridgehead atoms. The fourth-order valence-electron chi connectivity index (χ4n) is 1.41. The van der Waals surface area contributed by atoms with E-state index in [-0.39, 0.29) is 5.28 Å². The van der Waals surface area contributed by atoms with Crippen LogP contribution in [0.2, 0.25) is 5.28 Å². The van der Waals surface area contributed by atoms with Gasteiger partial charge in [0.1, 0.15) is 0 Å². The zero-order valence-electron chi connectivity index (χ0n) is 9.89. The van der Waals surface area contributed by atoms with E-state index < -0.39 is 0 Å². The van der Waals surface area contributed by atoms with E-state index in [2.05, 4.69) is 30.6 Å². The van der Waals surface area contributed by atoms with Gasteiger partial charge in [0.15, 0.2) is 0 Å². The van der Waals surface area contributed by atoms with Crippen LogP contribution in [0.3, 0.4) is 0 Å². The van der Waals surface area contributed by atoms with E-state index in [1.165, 1.54) is 0 Å². The lowest BCUT2D eigenvalue weighted by atomic mass is 10.2. The molecule has 0 radical (unpaired) electrons. The summed E-state index contributed by atoms with van der Waals surface area (Å²) in [5.41, 5.74) is 1.15. The van der Waals surface area contributed by atoms with E-state index in [9.17, 15) is 0 Å². The fourth-order valence-corrected chi connectivity index (χ4v) is 1.57. The van der Waals surface area contributed by atoms with Crippen LogP contribution in [0.15, 0.2) is 24.5 Å². The first-order chi connectivity index (χ1) is 8.78. The van der Waals surface area contributed by atoms with E-state index >= 15 is 0 Å². The van der Waals surface area contributed by atoms with Crippen LogP contribution in [0.5, 0.6) is 0 Å². The highest BCUT2D eigenvalue weighted by Gasteiger charge is 2.02. The molecule has 94 valence electrons. The zero-order valence-corrected chi connectivity index (χ0v) is 10.6. The number of nitrogens with one attached hydrogen (secondary N) is 2. The predicted octanol–water partition coefficient (Wildman–Crippen LogP) is 1.62. The number of halogens is 1. The topological polar surface area (TPSA) is 75.6 Å². The molecule has 18 heavy (non-hydrogen) atoms. The predicted molar refractivity (Wildman–Crippen MR) is 70.8 cm³/mol. The molecule has 2 N–H and O–H groups in total. The van der Waals surface area contributed by atoms with Crippen molar-refractivity contribution in [1.29, 1.82) is 0 Å². The molecule has 0 saturated heterocycles. The van der Waals surface area contributed by atoms with E-state index in [4.69, 9.17) is 11.6 Å². The van der Waals surface area contributed by atoms with Crippen molar-refractivity contribution >= 4 is 23.5 Å². The Morgan fingerprint density at radius 2 is 2.06 bits per heavy atom. The highest BCUT2D eigenvalue weighted by Crippen LogP contribution is 2.08. The second-order valence-electron chi connectivity index (χ2n) is 3.54. The molecule has 7 heteroatoms. The molecule has 0 unspecified atom stereocenters. The monoisotopic (exact) mass is 264 g/mol. The lowest BCUT2D eigenvalue weighted by Crippen LogP contribution is -2.10. The molecule has 2 aromatic rings. The molecule has 6 nitrogen and oxygen atoms in total. The molecule has 2 rings (SSSR count). The van der Waals surface area contributed by atoms with Crippen molar-refractivity contribution in [2.75, 3.05) is 24.2 Å². The Balaban J connectivity index is 1.92. The van der Waals surface area contributed by atoms with Gasteiger partial charge in [0.25, 0.3) is 0 Å². The summed E-state index contributed by atoms with van der Waals surface area (Å²) in [6.45, 7) is 0.704. The number of aromatic nitrogens is 4. The number of rotatable bonds is 5. The largest absolute Gasteiger partial charge is 0.357 e. The summed E-state index contributed by atoms with van der Waals surface area (Å²) in [5, 5.41) is 6.08. The fraction of sp³-hybridized carbons (Fsp3) is 0.273. The van der Waals surface area contributed by atoms with Gasteiger partial charge in [0.05, 0.1) is 0 Å². The van der Waals surface area contributed by atoms with Crippen molar-refractivity contribution in [3.63, 3.8) is 0 Å². The van der Waals surface area contributed by atoms with Crippen molar-refractivity contribution in [2.24, 2.45) is 0 Å². The Morgan fingerprint density at radius 1 is 1.22 bits per heavy atom. The van der Waals surface area contributed by atoms with Crippen LogP contribution in [-0.4, -0.2) is 33.5 Å². The minimum Gasteiger partial charge on any atom is -0.357 e. The third-order valence-electron chi connectivity index (χ3n) is 2.25. The highest BCUT2D eigenvalue weighted by atomic mass is 35.5. The van der Waals surface area contributed by atoms with Crippen molar-refractivity contribution in [1.82, 2.24) is 19.9 Å². The maximum absolute atomic E-state index is 5.77. The van der Waals surface area contributed by atoms with Crippen LogP contribution in [-0.2, 0) is 6.42 Å². The number of hydrogen-bond donors (Lipinski definition) is 2. The number of pyridine rings is 1. The molecule has 0 amide bonds. The average molecular weight is 265 g/mol. The Labute approximate surface area is 110 Å². The van der Waals surface area contributed by atoms with Gasteiger partial charge in [-0.3, -0.25) is 4.98 Å². The minimum atomic E-state index is 0.165. The third-order valence-corrected chi connectivity index (χ3v) is 2.42. The molecular formula is C11H13ClN6. The summed E-state index contributed by atoms with van der Waals surface area (Å²) in [5.74, 6) is 0.905. The molecule has 0 aliphatic rings. The summed E-state index contributed by atoms with van der Waals surface area (Å²) < 4.78 is 0. The van der Waals surface area contributed by atoms with Crippen molar-refractivity contribution in [3.05, 3.63) is 35.4 Å². The maximum Gasteiger partial charge on any atom is 0.228 e. The van der Waals surface area contributed by atoms with Crippen LogP contribution in [0.1, 0.15) is 5.56 Å². The van der Waals surface area contributed by atoms with Gasteiger partial charge in [-0.2, -0.15) is 15.0 Å². The molecule has 0 aliphatic carbocycles. The molecule has 0 aliphatic heterocycles. The summed E-state index contributed by atoms with van der Waals surface area (Å²) >= 11 is 5.77. The SMILES string of the molecule is CNc1nc(Cl)nc(NCCc2cccnc2)n1. The molecule has 0 aromatic carbocycles. The van der Waals surface area contributed by atoms with Crippen LogP contribution in [0, 0.1) is 0 Å². The van der Waals surface area contributed by atoms with Crippen molar-refractivity contribution in [2.45, 2.75) is 6.42 Å². The van der Waals surface area contributed by atoms with Gasteiger partial charge in [-0.1, -0.05) is 6.07 Å². The van der Waals surface area contributed by atoms with E-state index in [0.29, 0.717) is 18.4 Å². The van der Waals surface area contributed by atoms with Gasteiger partial charge in [-0.15, -0.1) is 0 Å². The van der Waals surface area contributed by atoms with Crippen LogP contribution in [0.25, 0.3) is 0 Å². The van der Waals surface area contributed by atoms with E-state index in [0.717, 1.165) is 12.0 Å². The van der Waals surface area contributed by atoms with Gasteiger partial charge in [0, 0.05) is 26.0 Å². The summed E-state index contributed by atoms with van der Waals surface area (Å²) in [4.78, 5) is 16.1. The van der Waals surface area contributed by atoms with Crippen molar-refractivity contribution in [3.8, 4) is 0 Å². The smallest absolute Gasteiger partial charge is 0.228 e. The number of hydrogen-bond acceptors (Lipinski definition) is 6. The second-order valence-corrected chi connectivity index (χ2v) is 3.88. The van der Waals surface area contributed by atoms with Crippen molar-refractivity contribution < 1.29 is 0 Å². The summed E-state index contributed by atoms with van der Waals surface area (Å²) in [6, 6.07) is 3.93. The molecule has 0 atom stereocenters. The Hall–Kier alpha value is -1.95. The first kappa shape index (κ1) is 12.5. The minimum absolute atomic E-state index is 0.165. The summed E-state index contributed by atoms with van der Waals surface area (Å²) in [6.07, 6.45) is 4.43. The van der Waals surface area contributed by atoms with Gasteiger partial charge < -0.3 is 10.6 Å². The number of anilines is 2. The van der Waals surface area contributed by atoms with E-state index in [1.54, 1.807) is 13.2 Å². The van der Waals surface area contributed by atoms with Gasteiger partial charge >= 0.3 is 0 Å². The van der Waals surface area contributed by atoms with Crippen LogP contribution < -0.4 is 10.6 Å². The molecule has 0 saturated carbocycles. The van der Waals surface area contributed by atoms with Gasteiger partial charge in [-0.25, -0.2) is 0 Å². The third kappa shape index (κ3) is 3.53. The Morgan fingerprint density at radius 3 is 2.78 bits per heavy atom. The number of nitrogens with zero attached hydrogens (tertiary/aromatic N) is 4. The molecular weight excluding hydrogens is 252 g/mol. The zero-order chi connectivity index (χ0) is 12.8. The van der Waals surface area contributed by atoms with Gasteiger partial charge in [0.2, 0.25) is 17.2 Å². The second kappa shape index (κ2) is 6.11. The Bertz CT molecular complexity index is 504. The molecule has 0 fully saturated rings. The van der Waals surface area contributed by atoms with E-state index in [1.807, 2.05) is 18.3 Å². The summed E-state index contributed by atoms with van der Waals surface area (Å²) in [7, 11) is 1.73. The average Bonchev–Trinajstić information content (AvgIpc) is 2.39. The standard InChI is InChI=1S/C11H13ClN6/c1-13-10-16-9(12)17-11(18-10)15-6-4-8-3-2-5-14-7-8/h2-3,5,7H,4,6H2,1H3,(H2,13,15,16,17,18). The quantitative estimate of drug-likeness (QED) is 0.855. The first-order valence-electron chi connectivity index (χ1n) is 5.50. The van der Waals surface area contributed by atoms with Gasteiger partial charge in [-0.05, 0) is 29.7 Å². The lowest BCUT2D eigenvalue weighted by Gasteiger charge is -2.06. The highest BCUT2D eigenvalue weighted by molar-refractivity contribution is 6.28. The first-order valence-corrected chi connectivity index (χ1v) is 5.88. The molecule has 2 aromatic heterocycles. The normalized spacial score (nSPS) is 10.1. The van der Waals surface area contributed by atoms with Crippen LogP contribution >= 0.6 is 11.6 Å². The molecule has 0 spiro atoms. The lowest BCUT2D eigenvalue weighted by molar-refractivity contribution is 0.957.